The highest BCUT2D eigenvalue weighted by Crippen LogP contribution is 2.14. The first-order valence-corrected chi connectivity index (χ1v) is 5.32. The fourth-order valence-corrected chi connectivity index (χ4v) is 1.77. The van der Waals surface area contributed by atoms with Gasteiger partial charge in [0.2, 0.25) is 11.8 Å². The molecule has 5 nitrogen and oxygen atoms in total. The zero-order chi connectivity index (χ0) is 12.4. The van der Waals surface area contributed by atoms with E-state index in [1.54, 1.807) is 24.3 Å². The van der Waals surface area contributed by atoms with Crippen molar-refractivity contribution < 1.29 is 14.4 Å². The number of carbonyl (C=O) groups is 3. The van der Waals surface area contributed by atoms with Crippen LogP contribution in [0.1, 0.15) is 12.0 Å². The number of urea groups is 1. The Hall–Kier alpha value is -1.88. The van der Waals surface area contributed by atoms with Gasteiger partial charge in [0.1, 0.15) is 6.42 Å². The molecule has 1 saturated heterocycles. The smallest absolute Gasteiger partial charge is 0.277 e. The monoisotopic (exact) mass is 252 g/mol. The van der Waals surface area contributed by atoms with Gasteiger partial charge in [0.05, 0.1) is 6.54 Å². The van der Waals surface area contributed by atoms with Crippen molar-refractivity contribution in [2.45, 2.75) is 13.0 Å². The highest BCUT2D eigenvalue weighted by molar-refractivity contribution is 6.30. The first-order chi connectivity index (χ1) is 8.06. The summed E-state index contributed by atoms with van der Waals surface area (Å²) in [6.07, 6.45) is -0.299. The van der Waals surface area contributed by atoms with Crippen LogP contribution in [-0.2, 0) is 16.1 Å². The molecular formula is C11H9ClN2O3. The zero-order valence-corrected chi connectivity index (χ0v) is 9.53. The van der Waals surface area contributed by atoms with Gasteiger partial charge in [-0.05, 0) is 17.7 Å². The standard InChI is InChI=1S/C11H9ClN2O3/c12-8-3-1-2-7(4-8)6-14-10(16)5-9(15)13-11(14)17/h1-4H,5-6H2,(H,13,15,17). The Morgan fingerprint density at radius 1 is 1.29 bits per heavy atom. The summed E-state index contributed by atoms with van der Waals surface area (Å²) in [4.78, 5) is 34.9. The number of imide groups is 2. The van der Waals surface area contributed by atoms with E-state index in [2.05, 4.69) is 5.32 Å². The van der Waals surface area contributed by atoms with Crippen LogP contribution >= 0.6 is 11.6 Å². The van der Waals surface area contributed by atoms with Gasteiger partial charge in [-0.3, -0.25) is 19.8 Å². The predicted molar refractivity (Wildman–Crippen MR) is 60.2 cm³/mol. The minimum absolute atomic E-state index is 0.110. The van der Waals surface area contributed by atoms with Crippen molar-refractivity contribution in [3.63, 3.8) is 0 Å². The highest BCUT2D eigenvalue weighted by atomic mass is 35.5. The molecular weight excluding hydrogens is 244 g/mol. The molecule has 0 atom stereocenters. The van der Waals surface area contributed by atoms with E-state index in [4.69, 9.17) is 11.6 Å². The van der Waals surface area contributed by atoms with Crippen LogP contribution in [0.4, 0.5) is 4.79 Å². The summed E-state index contributed by atoms with van der Waals surface area (Å²) in [5, 5.41) is 2.62. The Morgan fingerprint density at radius 3 is 2.71 bits per heavy atom. The summed E-state index contributed by atoms with van der Waals surface area (Å²) < 4.78 is 0. The van der Waals surface area contributed by atoms with Crippen LogP contribution in [0.25, 0.3) is 0 Å². The van der Waals surface area contributed by atoms with E-state index >= 15 is 0 Å². The van der Waals surface area contributed by atoms with Crippen molar-refractivity contribution in [2.24, 2.45) is 0 Å². The van der Waals surface area contributed by atoms with Gasteiger partial charge in [-0.15, -0.1) is 0 Å². The second-order valence-corrected chi connectivity index (χ2v) is 4.08. The van der Waals surface area contributed by atoms with Gasteiger partial charge in [0, 0.05) is 5.02 Å². The van der Waals surface area contributed by atoms with Crippen LogP contribution in [0, 0.1) is 0 Å². The summed E-state index contributed by atoms with van der Waals surface area (Å²) >= 11 is 5.80. The molecule has 4 amide bonds. The molecule has 1 N–H and O–H groups in total. The third-order valence-corrected chi connectivity index (χ3v) is 2.57. The summed E-state index contributed by atoms with van der Waals surface area (Å²) in [6, 6.07) is 6.16. The number of nitrogens with one attached hydrogen (secondary N) is 1. The van der Waals surface area contributed by atoms with Crippen molar-refractivity contribution in [3.8, 4) is 0 Å². The van der Waals surface area contributed by atoms with Crippen molar-refractivity contribution in [2.75, 3.05) is 0 Å². The molecule has 1 aliphatic rings. The second-order valence-electron chi connectivity index (χ2n) is 3.64. The Bertz CT molecular complexity index is 481. The van der Waals surface area contributed by atoms with E-state index in [0.717, 1.165) is 10.5 Å². The van der Waals surface area contributed by atoms with E-state index in [0.29, 0.717) is 5.02 Å². The maximum Gasteiger partial charge on any atom is 0.331 e. The zero-order valence-electron chi connectivity index (χ0n) is 8.77. The number of hydrogen-bond acceptors (Lipinski definition) is 3. The average Bonchev–Trinajstić information content (AvgIpc) is 2.23. The highest BCUT2D eigenvalue weighted by Gasteiger charge is 2.30. The topological polar surface area (TPSA) is 66.5 Å². The molecule has 1 fully saturated rings. The predicted octanol–water partition coefficient (Wildman–Crippen LogP) is 1.31. The molecule has 1 aromatic rings. The maximum absolute atomic E-state index is 11.5. The van der Waals surface area contributed by atoms with Gasteiger partial charge in [0.15, 0.2) is 0 Å². The first kappa shape index (κ1) is 11.6. The van der Waals surface area contributed by atoms with Crippen LogP contribution in [-0.4, -0.2) is 22.7 Å². The van der Waals surface area contributed by atoms with Crippen molar-refractivity contribution >= 4 is 29.4 Å². The van der Waals surface area contributed by atoms with Gasteiger partial charge in [-0.1, -0.05) is 23.7 Å². The fourth-order valence-electron chi connectivity index (χ4n) is 1.55. The lowest BCUT2D eigenvalue weighted by molar-refractivity contribution is -0.136. The molecule has 0 aromatic heterocycles. The van der Waals surface area contributed by atoms with Gasteiger partial charge in [0.25, 0.3) is 0 Å². The number of carbonyl (C=O) groups excluding carboxylic acids is 3. The third kappa shape index (κ3) is 2.62. The van der Waals surface area contributed by atoms with Crippen LogP contribution < -0.4 is 5.32 Å². The quantitative estimate of drug-likeness (QED) is 0.807. The molecule has 2 rings (SSSR count). The first-order valence-electron chi connectivity index (χ1n) is 4.95. The van der Waals surface area contributed by atoms with Crippen LogP contribution in [0.15, 0.2) is 24.3 Å². The number of hydrogen-bond donors (Lipinski definition) is 1. The average molecular weight is 253 g/mol. The van der Waals surface area contributed by atoms with Gasteiger partial charge < -0.3 is 0 Å². The van der Waals surface area contributed by atoms with Gasteiger partial charge >= 0.3 is 6.03 Å². The van der Waals surface area contributed by atoms with Crippen molar-refractivity contribution in [3.05, 3.63) is 34.9 Å². The maximum atomic E-state index is 11.5. The lowest BCUT2D eigenvalue weighted by Gasteiger charge is -2.24. The van der Waals surface area contributed by atoms with Gasteiger partial charge in [-0.25, -0.2) is 4.79 Å². The van der Waals surface area contributed by atoms with E-state index in [9.17, 15) is 14.4 Å². The van der Waals surface area contributed by atoms with Crippen LogP contribution in [0.2, 0.25) is 5.02 Å². The minimum Gasteiger partial charge on any atom is -0.277 e. The summed E-state index contributed by atoms with van der Waals surface area (Å²) in [5.41, 5.74) is 0.732. The lowest BCUT2D eigenvalue weighted by atomic mass is 10.2. The van der Waals surface area contributed by atoms with E-state index < -0.39 is 17.8 Å². The fraction of sp³-hybridized carbons (Fsp3) is 0.182. The van der Waals surface area contributed by atoms with Crippen LogP contribution in [0.3, 0.4) is 0 Å². The Balaban J connectivity index is 2.15. The molecule has 1 aromatic carbocycles. The normalized spacial score (nSPS) is 16.1. The van der Waals surface area contributed by atoms with Gasteiger partial charge in [-0.2, -0.15) is 0 Å². The molecule has 0 spiro atoms. The number of amides is 4. The summed E-state index contributed by atoms with van der Waals surface area (Å²) in [5.74, 6) is -1.07. The number of benzene rings is 1. The van der Waals surface area contributed by atoms with Crippen molar-refractivity contribution in [1.29, 1.82) is 0 Å². The van der Waals surface area contributed by atoms with E-state index in [1.807, 2.05) is 0 Å². The van der Waals surface area contributed by atoms with E-state index in [1.165, 1.54) is 0 Å². The molecule has 0 radical (unpaired) electrons. The molecule has 0 bridgehead atoms. The summed E-state index contributed by atoms with van der Waals surface area (Å²) in [6.45, 7) is 0.110. The molecule has 6 heteroatoms. The minimum atomic E-state index is -0.689. The molecule has 0 saturated carbocycles. The lowest BCUT2D eigenvalue weighted by Crippen LogP contribution is -2.52. The molecule has 17 heavy (non-hydrogen) atoms. The molecule has 1 aliphatic heterocycles. The number of barbiturate groups is 1. The van der Waals surface area contributed by atoms with E-state index in [-0.39, 0.29) is 13.0 Å². The molecule has 88 valence electrons. The Kier molecular flexibility index (Phi) is 3.10. The number of rotatable bonds is 2. The largest absolute Gasteiger partial charge is 0.331 e. The Labute approximate surface area is 102 Å². The van der Waals surface area contributed by atoms with Crippen LogP contribution in [0.5, 0.6) is 0 Å². The molecule has 0 unspecified atom stereocenters. The molecule has 0 aliphatic carbocycles. The SMILES string of the molecule is O=C1CC(=O)N(Cc2cccc(Cl)c2)C(=O)N1. The third-order valence-electron chi connectivity index (χ3n) is 2.33. The number of nitrogens with zero attached hydrogens (tertiary/aromatic N) is 1. The summed E-state index contributed by atoms with van der Waals surface area (Å²) in [7, 11) is 0. The molecule has 1 heterocycles. The number of halogens is 1. The second kappa shape index (κ2) is 4.55. The Morgan fingerprint density at radius 2 is 2.06 bits per heavy atom. The van der Waals surface area contributed by atoms with Crippen molar-refractivity contribution in [1.82, 2.24) is 10.2 Å².